The highest BCUT2D eigenvalue weighted by atomic mass is 32.2. The zero-order valence-corrected chi connectivity index (χ0v) is 17.2. The molecule has 0 radical (unpaired) electrons. The van der Waals surface area contributed by atoms with Crippen LogP contribution in [0.5, 0.6) is 0 Å². The molecule has 1 fully saturated rings. The first kappa shape index (κ1) is 20.5. The van der Waals surface area contributed by atoms with Gasteiger partial charge in [-0.3, -0.25) is 0 Å². The first-order chi connectivity index (χ1) is 13.5. The summed E-state index contributed by atoms with van der Waals surface area (Å²) >= 11 is 5.42. The van der Waals surface area contributed by atoms with Crippen LogP contribution in [-0.2, 0) is 10.0 Å². The minimum Gasteiger partial charge on any atom is -0.360 e. The predicted molar refractivity (Wildman–Crippen MR) is 115 cm³/mol. The number of anilines is 2. The summed E-state index contributed by atoms with van der Waals surface area (Å²) in [6.45, 7) is 0. The molecule has 7 nitrogen and oxygen atoms in total. The van der Waals surface area contributed by atoms with E-state index < -0.39 is 10.0 Å². The Hall–Kier alpha value is -2.26. The summed E-state index contributed by atoms with van der Waals surface area (Å²) in [4.78, 5) is 7.88. The lowest BCUT2D eigenvalue weighted by atomic mass is 9.97. The molecule has 0 amide bonds. The van der Waals surface area contributed by atoms with Crippen LogP contribution in [0.4, 0.5) is 11.6 Å². The standard InChI is InChI=1S/C19H25N5O2S2/c25-28(26,24-18-20-13-6-14-21-18)17-11-9-16(10-12-17)23-19(27)22-15-7-4-2-1-3-5-8-15/h6,9-15H,1-5,7-8H2,(H,20,21,24)(H2,22,23,27). The van der Waals surface area contributed by atoms with Gasteiger partial charge in [0.15, 0.2) is 5.11 Å². The molecule has 9 heteroatoms. The Balaban J connectivity index is 1.56. The maximum atomic E-state index is 12.4. The van der Waals surface area contributed by atoms with E-state index in [9.17, 15) is 8.42 Å². The lowest BCUT2D eigenvalue weighted by molar-refractivity contribution is 0.430. The lowest BCUT2D eigenvalue weighted by Crippen LogP contribution is -2.38. The van der Waals surface area contributed by atoms with Crippen LogP contribution in [0.1, 0.15) is 44.9 Å². The van der Waals surface area contributed by atoms with Crippen LogP contribution in [-0.4, -0.2) is 29.5 Å². The number of aromatic nitrogens is 2. The average molecular weight is 420 g/mol. The van der Waals surface area contributed by atoms with Crippen molar-refractivity contribution in [3.05, 3.63) is 42.7 Å². The van der Waals surface area contributed by atoms with E-state index in [0.29, 0.717) is 11.2 Å². The van der Waals surface area contributed by atoms with Gasteiger partial charge in [0.2, 0.25) is 5.95 Å². The molecule has 3 rings (SSSR count). The second kappa shape index (κ2) is 9.79. The van der Waals surface area contributed by atoms with Crippen molar-refractivity contribution in [3.63, 3.8) is 0 Å². The molecule has 1 aliphatic rings. The smallest absolute Gasteiger partial charge is 0.264 e. The molecule has 0 unspecified atom stereocenters. The largest absolute Gasteiger partial charge is 0.360 e. The van der Waals surface area contributed by atoms with E-state index in [0.717, 1.165) is 18.5 Å². The summed E-state index contributed by atoms with van der Waals surface area (Å²) in [5.41, 5.74) is 0.734. The maximum absolute atomic E-state index is 12.4. The molecular formula is C19H25N5O2S2. The van der Waals surface area contributed by atoms with E-state index in [1.54, 1.807) is 18.2 Å². The van der Waals surface area contributed by atoms with Crippen LogP contribution in [0.3, 0.4) is 0 Å². The van der Waals surface area contributed by atoms with Crippen molar-refractivity contribution in [2.24, 2.45) is 0 Å². The zero-order chi connectivity index (χ0) is 19.8. The first-order valence-corrected chi connectivity index (χ1v) is 11.4. The summed E-state index contributed by atoms with van der Waals surface area (Å²) in [6.07, 6.45) is 11.6. The third-order valence-corrected chi connectivity index (χ3v) is 6.22. The van der Waals surface area contributed by atoms with Gasteiger partial charge in [0.1, 0.15) is 0 Å². The number of benzene rings is 1. The van der Waals surface area contributed by atoms with Crippen LogP contribution >= 0.6 is 12.2 Å². The SMILES string of the molecule is O=S(=O)(Nc1ncccn1)c1ccc(NC(=S)NC2CCCCCCC2)cc1. The van der Waals surface area contributed by atoms with Gasteiger partial charge < -0.3 is 10.6 Å². The minimum absolute atomic E-state index is 0.0364. The second-order valence-electron chi connectivity index (χ2n) is 6.84. The van der Waals surface area contributed by atoms with Gasteiger partial charge in [0, 0.05) is 24.1 Å². The first-order valence-electron chi connectivity index (χ1n) is 9.50. The maximum Gasteiger partial charge on any atom is 0.264 e. The zero-order valence-electron chi connectivity index (χ0n) is 15.6. The Morgan fingerprint density at radius 1 is 0.964 bits per heavy atom. The Bertz CT molecular complexity index is 865. The number of rotatable bonds is 5. The second-order valence-corrected chi connectivity index (χ2v) is 8.93. The highest BCUT2D eigenvalue weighted by molar-refractivity contribution is 7.92. The fourth-order valence-corrected chi connectivity index (χ4v) is 4.44. The van der Waals surface area contributed by atoms with E-state index >= 15 is 0 Å². The summed E-state index contributed by atoms with van der Waals surface area (Å²) in [5.74, 6) is 0.0364. The third-order valence-electron chi connectivity index (χ3n) is 4.65. The molecule has 1 aromatic heterocycles. The molecular weight excluding hydrogens is 394 g/mol. The quantitative estimate of drug-likeness (QED) is 0.636. The fourth-order valence-electron chi connectivity index (χ4n) is 3.20. The van der Waals surface area contributed by atoms with E-state index in [-0.39, 0.29) is 10.8 Å². The van der Waals surface area contributed by atoms with Crippen molar-refractivity contribution in [2.75, 3.05) is 10.0 Å². The summed E-state index contributed by atoms with van der Waals surface area (Å²) in [7, 11) is -3.74. The van der Waals surface area contributed by atoms with Gasteiger partial charge in [-0.1, -0.05) is 32.1 Å². The van der Waals surface area contributed by atoms with E-state index in [1.807, 2.05) is 0 Å². The molecule has 0 saturated heterocycles. The normalized spacial score (nSPS) is 15.9. The highest BCUT2D eigenvalue weighted by Gasteiger charge is 2.16. The van der Waals surface area contributed by atoms with Gasteiger partial charge in [0.25, 0.3) is 10.0 Å². The van der Waals surface area contributed by atoms with E-state index in [2.05, 4.69) is 25.3 Å². The monoisotopic (exact) mass is 419 g/mol. The van der Waals surface area contributed by atoms with Crippen LogP contribution in [0.25, 0.3) is 0 Å². The fraction of sp³-hybridized carbons (Fsp3) is 0.421. The highest BCUT2D eigenvalue weighted by Crippen LogP contribution is 2.18. The van der Waals surface area contributed by atoms with Gasteiger partial charge in [-0.25, -0.2) is 23.1 Å². The predicted octanol–water partition coefficient (Wildman–Crippen LogP) is 3.68. The van der Waals surface area contributed by atoms with Crippen molar-refractivity contribution < 1.29 is 8.42 Å². The summed E-state index contributed by atoms with van der Waals surface area (Å²) in [5, 5.41) is 7.09. The molecule has 1 aliphatic carbocycles. The third kappa shape index (κ3) is 6.13. The number of hydrogen-bond acceptors (Lipinski definition) is 5. The van der Waals surface area contributed by atoms with Gasteiger partial charge in [-0.15, -0.1) is 0 Å². The molecule has 150 valence electrons. The number of hydrogen-bond donors (Lipinski definition) is 3. The van der Waals surface area contributed by atoms with Gasteiger partial charge in [-0.2, -0.15) is 0 Å². The van der Waals surface area contributed by atoms with Gasteiger partial charge in [-0.05, 0) is 55.4 Å². The van der Waals surface area contributed by atoms with E-state index in [4.69, 9.17) is 12.2 Å². The minimum atomic E-state index is -3.74. The Kier molecular flexibility index (Phi) is 7.16. The Morgan fingerprint density at radius 2 is 1.57 bits per heavy atom. The molecule has 1 saturated carbocycles. The number of thiocarbonyl (C=S) groups is 1. The molecule has 3 N–H and O–H groups in total. The van der Waals surface area contributed by atoms with Crippen molar-refractivity contribution in [1.29, 1.82) is 0 Å². The molecule has 0 atom stereocenters. The molecule has 0 spiro atoms. The van der Waals surface area contributed by atoms with Gasteiger partial charge in [0.05, 0.1) is 4.90 Å². The number of nitrogens with zero attached hydrogens (tertiary/aromatic N) is 2. The topological polar surface area (TPSA) is 96.0 Å². The lowest BCUT2D eigenvalue weighted by Gasteiger charge is -2.22. The van der Waals surface area contributed by atoms with Crippen LogP contribution in [0.2, 0.25) is 0 Å². The van der Waals surface area contributed by atoms with Crippen LogP contribution < -0.4 is 15.4 Å². The van der Waals surface area contributed by atoms with E-state index in [1.165, 1.54) is 56.6 Å². The molecule has 1 aromatic carbocycles. The number of sulfonamides is 1. The number of nitrogens with one attached hydrogen (secondary N) is 3. The summed E-state index contributed by atoms with van der Waals surface area (Å²) in [6, 6.07) is 8.43. The van der Waals surface area contributed by atoms with Crippen LogP contribution in [0.15, 0.2) is 47.6 Å². The van der Waals surface area contributed by atoms with Crippen LogP contribution in [0, 0.1) is 0 Å². The molecule has 28 heavy (non-hydrogen) atoms. The Morgan fingerprint density at radius 3 is 2.21 bits per heavy atom. The van der Waals surface area contributed by atoms with Crippen molar-refractivity contribution in [1.82, 2.24) is 15.3 Å². The average Bonchev–Trinajstić information content (AvgIpc) is 2.65. The van der Waals surface area contributed by atoms with Crippen molar-refractivity contribution in [3.8, 4) is 0 Å². The molecule has 1 heterocycles. The van der Waals surface area contributed by atoms with Crippen molar-refractivity contribution >= 4 is 39.0 Å². The van der Waals surface area contributed by atoms with Crippen molar-refractivity contribution in [2.45, 2.75) is 55.9 Å². The molecule has 0 aliphatic heterocycles. The summed E-state index contributed by atoms with van der Waals surface area (Å²) < 4.78 is 27.2. The molecule has 2 aromatic rings. The molecule has 0 bridgehead atoms. The Labute approximate surface area is 171 Å². The van der Waals surface area contributed by atoms with Gasteiger partial charge >= 0.3 is 0 Å².